The van der Waals surface area contributed by atoms with E-state index in [1.807, 2.05) is 0 Å². The van der Waals surface area contributed by atoms with Crippen LogP contribution in [0.2, 0.25) is 0 Å². The fourth-order valence-corrected chi connectivity index (χ4v) is 2.95. The van der Waals surface area contributed by atoms with Crippen molar-refractivity contribution < 1.29 is 4.79 Å². The molecule has 3 N–H and O–H groups in total. The Kier molecular flexibility index (Phi) is 5.96. The van der Waals surface area contributed by atoms with Crippen LogP contribution in [0.3, 0.4) is 0 Å². The second-order valence-electron chi connectivity index (χ2n) is 5.93. The molecule has 100 valence electrons. The van der Waals surface area contributed by atoms with Crippen LogP contribution in [-0.4, -0.2) is 18.5 Å². The lowest BCUT2D eigenvalue weighted by Crippen LogP contribution is -2.43. The summed E-state index contributed by atoms with van der Waals surface area (Å²) < 4.78 is 0. The minimum Gasteiger partial charge on any atom is -0.353 e. The number of nitrogens with one attached hydrogen (secondary N) is 1. The Bertz CT molecular complexity index is 240. The summed E-state index contributed by atoms with van der Waals surface area (Å²) in [6.45, 7) is 7.12. The maximum absolute atomic E-state index is 12.2. The summed E-state index contributed by atoms with van der Waals surface area (Å²) in [6.07, 6.45) is 5.58. The van der Waals surface area contributed by atoms with Gasteiger partial charge in [-0.25, -0.2) is 0 Å². The lowest BCUT2D eigenvalue weighted by Gasteiger charge is -2.30. The molecule has 1 aliphatic rings. The lowest BCUT2D eigenvalue weighted by atomic mass is 9.78. The Morgan fingerprint density at radius 3 is 2.53 bits per heavy atom. The van der Waals surface area contributed by atoms with Crippen LogP contribution in [0.1, 0.15) is 52.9 Å². The summed E-state index contributed by atoms with van der Waals surface area (Å²) in [5.41, 5.74) is 5.76. The van der Waals surface area contributed by atoms with Gasteiger partial charge >= 0.3 is 0 Å². The van der Waals surface area contributed by atoms with Gasteiger partial charge in [0.05, 0.1) is 0 Å². The van der Waals surface area contributed by atoms with E-state index in [0.29, 0.717) is 18.4 Å². The van der Waals surface area contributed by atoms with Crippen LogP contribution in [0, 0.1) is 17.8 Å². The van der Waals surface area contributed by atoms with Crippen molar-refractivity contribution in [3.63, 3.8) is 0 Å². The molecule has 3 unspecified atom stereocenters. The van der Waals surface area contributed by atoms with Crippen LogP contribution in [0.25, 0.3) is 0 Å². The normalized spacial score (nSPS) is 26.9. The van der Waals surface area contributed by atoms with E-state index >= 15 is 0 Å². The Morgan fingerprint density at radius 1 is 1.29 bits per heavy atom. The Balaban J connectivity index is 2.44. The van der Waals surface area contributed by atoms with Gasteiger partial charge in [-0.15, -0.1) is 0 Å². The SMILES string of the molecule is CC(C)CC(C)NC(=O)C1CCCCC1CN. The van der Waals surface area contributed by atoms with Gasteiger partial charge in [0, 0.05) is 12.0 Å². The summed E-state index contributed by atoms with van der Waals surface area (Å²) in [4.78, 5) is 12.2. The Morgan fingerprint density at radius 2 is 1.94 bits per heavy atom. The minimum absolute atomic E-state index is 0.156. The molecule has 1 aliphatic carbocycles. The molecule has 1 fully saturated rings. The van der Waals surface area contributed by atoms with Crippen LogP contribution >= 0.6 is 0 Å². The van der Waals surface area contributed by atoms with E-state index in [2.05, 4.69) is 26.1 Å². The Hall–Kier alpha value is -0.570. The molecule has 0 saturated heterocycles. The number of hydrogen-bond donors (Lipinski definition) is 2. The first-order chi connectivity index (χ1) is 8.04. The van der Waals surface area contributed by atoms with Crippen molar-refractivity contribution in [1.29, 1.82) is 0 Å². The van der Waals surface area contributed by atoms with Gasteiger partial charge in [-0.05, 0) is 44.6 Å². The molecule has 0 bridgehead atoms. The summed E-state index contributed by atoms with van der Waals surface area (Å²) >= 11 is 0. The van der Waals surface area contributed by atoms with Crippen molar-refractivity contribution in [2.45, 2.75) is 58.9 Å². The smallest absolute Gasteiger partial charge is 0.223 e. The first-order valence-electron chi connectivity index (χ1n) is 7.05. The van der Waals surface area contributed by atoms with E-state index in [0.717, 1.165) is 19.3 Å². The van der Waals surface area contributed by atoms with Crippen LogP contribution in [0.15, 0.2) is 0 Å². The largest absolute Gasteiger partial charge is 0.353 e. The second-order valence-corrected chi connectivity index (χ2v) is 5.93. The summed E-state index contributed by atoms with van der Waals surface area (Å²) in [7, 11) is 0. The molecule has 17 heavy (non-hydrogen) atoms. The van der Waals surface area contributed by atoms with E-state index < -0.39 is 0 Å². The summed E-state index contributed by atoms with van der Waals surface area (Å²) in [5, 5.41) is 3.15. The molecule has 0 spiro atoms. The molecule has 0 aromatic carbocycles. The third kappa shape index (κ3) is 4.66. The molecule has 0 aliphatic heterocycles. The first-order valence-corrected chi connectivity index (χ1v) is 7.05. The van der Waals surface area contributed by atoms with Crippen LogP contribution in [0.5, 0.6) is 0 Å². The van der Waals surface area contributed by atoms with E-state index in [1.54, 1.807) is 0 Å². The monoisotopic (exact) mass is 240 g/mol. The molecule has 0 radical (unpaired) electrons. The number of nitrogens with two attached hydrogens (primary N) is 1. The fourth-order valence-electron chi connectivity index (χ4n) is 2.95. The number of rotatable bonds is 5. The van der Waals surface area contributed by atoms with E-state index in [-0.39, 0.29) is 17.9 Å². The average molecular weight is 240 g/mol. The van der Waals surface area contributed by atoms with Gasteiger partial charge < -0.3 is 11.1 Å². The zero-order chi connectivity index (χ0) is 12.8. The van der Waals surface area contributed by atoms with Gasteiger partial charge in [0.25, 0.3) is 0 Å². The zero-order valence-corrected chi connectivity index (χ0v) is 11.5. The number of carbonyl (C=O) groups is 1. The van der Waals surface area contributed by atoms with Crippen molar-refractivity contribution in [1.82, 2.24) is 5.32 Å². The third-order valence-electron chi connectivity index (χ3n) is 3.76. The number of amides is 1. The van der Waals surface area contributed by atoms with Crippen LogP contribution in [-0.2, 0) is 4.79 Å². The van der Waals surface area contributed by atoms with E-state index in [9.17, 15) is 4.79 Å². The van der Waals surface area contributed by atoms with Gasteiger partial charge in [-0.3, -0.25) is 4.79 Å². The van der Waals surface area contributed by atoms with Gasteiger partial charge in [0.15, 0.2) is 0 Å². The highest BCUT2D eigenvalue weighted by atomic mass is 16.1. The maximum atomic E-state index is 12.2. The van der Waals surface area contributed by atoms with Crippen LogP contribution in [0.4, 0.5) is 0 Å². The average Bonchev–Trinajstić information content (AvgIpc) is 2.27. The second kappa shape index (κ2) is 7.00. The van der Waals surface area contributed by atoms with Crippen molar-refractivity contribution in [2.75, 3.05) is 6.54 Å². The van der Waals surface area contributed by atoms with Crippen molar-refractivity contribution >= 4 is 5.91 Å². The molecule has 0 aromatic heterocycles. The highest BCUT2D eigenvalue weighted by molar-refractivity contribution is 5.79. The molecule has 3 atom stereocenters. The maximum Gasteiger partial charge on any atom is 0.223 e. The predicted octanol–water partition coefficient (Wildman–Crippen LogP) is 2.30. The zero-order valence-electron chi connectivity index (χ0n) is 11.5. The molecule has 0 heterocycles. The van der Waals surface area contributed by atoms with Gasteiger partial charge in [0.2, 0.25) is 5.91 Å². The quantitative estimate of drug-likeness (QED) is 0.774. The number of hydrogen-bond acceptors (Lipinski definition) is 2. The standard InChI is InChI=1S/C14H28N2O/c1-10(2)8-11(3)16-14(17)13-7-5-4-6-12(13)9-15/h10-13H,4-9,15H2,1-3H3,(H,16,17). The Labute approximate surface area is 106 Å². The molecule has 1 rings (SSSR count). The minimum atomic E-state index is 0.156. The topological polar surface area (TPSA) is 55.1 Å². The predicted molar refractivity (Wildman–Crippen MR) is 71.6 cm³/mol. The molecule has 1 saturated carbocycles. The van der Waals surface area contributed by atoms with Crippen molar-refractivity contribution in [2.24, 2.45) is 23.5 Å². The molecule has 0 aromatic rings. The molecule has 1 amide bonds. The summed E-state index contributed by atoms with van der Waals surface area (Å²) in [6, 6.07) is 0.280. The first kappa shape index (κ1) is 14.5. The van der Waals surface area contributed by atoms with Gasteiger partial charge in [-0.2, -0.15) is 0 Å². The lowest BCUT2D eigenvalue weighted by molar-refractivity contribution is -0.128. The van der Waals surface area contributed by atoms with Crippen LogP contribution < -0.4 is 11.1 Å². The molecule has 3 heteroatoms. The van der Waals surface area contributed by atoms with E-state index in [4.69, 9.17) is 5.73 Å². The summed E-state index contributed by atoms with van der Waals surface area (Å²) in [5.74, 6) is 1.41. The number of carbonyl (C=O) groups excluding carboxylic acids is 1. The molecular formula is C14H28N2O. The fraction of sp³-hybridized carbons (Fsp3) is 0.929. The third-order valence-corrected chi connectivity index (χ3v) is 3.76. The van der Waals surface area contributed by atoms with Crippen molar-refractivity contribution in [3.05, 3.63) is 0 Å². The highest BCUT2D eigenvalue weighted by Gasteiger charge is 2.30. The molecule has 3 nitrogen and oxygen atoms in total. The van der Waals surface area contributed by atoms with Gasteiger partial charge in [0.1, 0.15) is 0 Å². The molecular weight excluding hydrogens is 212 g/mol. The van der Waals surface area contributed by atoms with Gasteiger partial charge in [-0.1, -0.05) is 26.7 Å². The van der Waals surface area contributed by atoms with Crippen molar-refractivity contribution in [3.8, 4) is 0 Å². The highest BCUT2D eigenvalue weighted by Crippen LogP contribution is 2.29. The van der Waals surface area contributed by atoms with E-state index in [1.165, 1.54) is 12.8 Å².